The van der Waals surface area contributed by atoms with Crippen LogP contribution < -0.4 is 5.30 Å². The summed E-state index contributed by atoms with van der Waals surface area (Å²) in [6.07, 6.45) is 9.35. The minimum absolute atomic E-state index is 0.152. The van der Waals surface area contributed by atoms with Crippen molar-refractivity contribution in [3.05, 3.63) is 53.9 Å². The Labute approximate surface area is 241 Å². The van der Waals surface area contributed by atoms with Gasteiger partial charge in [0.2, 0.25) is 7.49 Å². The first-order valence-corrected chi connectivity index (χ1v) is 16.5. The molecule has 1 aliphatic rings. The number of allylic oxidation sites excluding steroid dienone is 4. The summed E-state index contributed by atoms with van der Waals surface area (Å²) < 4.78 is 44.9. The number of aliphatic hydroxyl groups is 1. The van der Waals surface area contributed by atoms with Crippen LogP contribution in [0.5, 0.6) is 0 Å². The first-order valence-electron chi connectivity index (χ1n) is 14.4. The van der Waals surface area contributed by atoms with E-state index in [1.807, 2.05) is 6.07 Å². The van der Waals surface area contributed by atoms with Crippen molar-refractivity contribution in [2.24, 2.45) is 0 Å². The average molecular weight is 586 g/mol. The van der Waals surface area contributed by atoms with Crippen molar-refractivity contribution >= 4 is 12.8 Å². The molecular weight excluding hydrogens is 535 g/mol. The van der Waals surface area contributed by atoms with Crippen molar-refractivity contribution in [1.29, 1.82) is 0 Å². The molecule has 1 unspecified atom stereocenters. The topological polar surface area (TPSA) is 94.1 Å². The van der Waals surface area contributed by atoms with Crippen LogP contribution in [-0.4, -0.2) is 117 Å². The normalized spacial score (nSPS) is 14.8. The molecule has 10 heteroatoms. The number of benzene rings is 1. The molecule has 0 saturated heterocycles. The van der Waals surface area contributed by atoms with Gasteiger partial charge in [-0.1, -0.05) is 30.4 Å². The van der Waals surface area contributed by atoms with E-state index < -0.39 is 7.49 Å². The highest BCUT2D eigenvalue weighted by atomic mass is 31.2. The summed E-state index contributed by atoms with van der Waals surface area (Å²) in [5.41, 5.74) is 0. The van der Waals surface area contributed by atoms with Crippen molar-refractivity contribution in [2.45, 2.75) is 19.3 Å². The molecule has 1 atom stereocenters. The van der Waals surface area contributed by atoms with E-state index in [1.165, 1.54) is 10.6 Å². The lowest BCUT2D eigenvalue weighted by Gasteiger charge is -2.24. The molecule has 0 aromatic heterocycles. The van der Waals surface area contributed by atoms with Crippen LogP contribution in [0.15, 0.2) is 53.9 Å². The minimum atomic E-state index is -1.84. The standard InChI is InChI=1S/C30H50O9P/c1-40(29-9-4-2-5-10-29,30-11-6-3-7-12-30)39-28-27-38-26-25-37-24-23-36-22-21-35-20-19-34-18-17-33-16-15-32-14-8-13-31/h2-6,9-11,31H,7-8,12-28H2,1H3/q+1. The van der Waals surface area contributed by atoms with Crippen LogP contribution >= 0.6 is 7.49 Å². The van der Waals surface area contributed by atoms with Crippen molar-refractivity contribution in [2.75, 3.05) is 112 Å². The molecule has 1 aliphatic carbocycles. The Kier molecular flexibility index (Phi) is 21.3. The van der Waals surface area contributed by atoms with Crippen molar-refractivity contribution in [3.8, 4) is 0 Å². The molecule has 0 spiro atoms. The van der Waals surface area contributed by atoms with Gasteiger partial charge in [0.1, 0.15) is 17.2 Å². The minimum Gasteiger partial charge on any atom is -0.396 e. The van der Waals surface area contributed by atoms with Crippen molar-refractivity contribution in [3.63, 3.8) is 0 Å². The van der Waals surface area contributed by atoms with E-state index in [0.717, 1.165) is 12.8 Å². The van der Waals surface area contributed by atoms with Crippen LogP contribution in [-0.2, 0) is 37.7 Å². The van der Waals surface area contributed by atoms with E-state index >= 15 is 0 Å². The van der Waals surface area contributed by atoms with Gasteiger partial charge in [-0.2, -0.15) is 0 Å². The van der Waals surface area contributed by atoms with E-state index in [9.17, 15) is 0 Å². The quantitative estimate of drug-likeness (QED) is 0.123. The number of hydrogen-bond donors (Lipinski definition) is 1. The molecule has 228 valence electrons. The first kappa shape index (κ1) is 35.0. The zero-order valence-electron chi connectivity index (χ0n) is 24.2. The Morgan fingerprint density at radius 1 is 0.625 bits per heavy atom. The van der Waals surface area contributed by atoms with Gasteiger partial charge in [-0.05, 0) is 31.1 Å². The molecule has 0 heterocycles. The smallest absolute Gasteiger partial charge is 0.203 e. The molecule has 9 nitrogen and oxygen atoms in total. The Bertz CT molecular complexity index is 778. The molecule has 0 saturated carbocycles. The fourth-order valence-electron chi connectivity index (χ4n) is 3.85. The van der Waals surface area contributed by atoms with Crippen LogP contribution in [0.2, 0.25) is 0 Å². The fourth-order valence-corrected chi connectivity index (χ4v) is 6.60. The number of aliphatic hydroxyl groups excluding tert-OH is 1. The van der Waals surface area contributed by atoms with E-state index in [0.29, 0.717) is 106 Å². The Balaban J connectivity index is 1.34. The van der Waals surface area contributed by atoms with Gasteiger partial charge in [-0.15, -0.1) is 0 Å². The molecule has 0 amide bonds. The highest BCUT2D eigenvalue weighted by Crippen LogP contribution is 2.64. The van der Waals surface area contributed by atoms with E-state index in [2.05, 4.69) is 49.2 Å². The molecule has 0 fully saturated rings. The van der Waals surface area contributed by atoms with Crippen molar-refractivity contribution < 1.29 is 42.8 Å². The van der Waals surface area contributed by atoms with Gasteiger partial charge in [0, 0.05) is 19.6 Å². The van der Waals surface area contributed by atoms with Gasteiger partial charge in [-0.25, -0.2) is 4.52 Å². The summed E-state index contributed by atoms with van der Waals surface area (Å²) in [6, 6.07) is 10.6. The summed E-state index contributed by atoms with van der Waals surface area (Å²) in [7, 11) is -1.84. The average Bonchev–Trinajstić information content (AvgIpc) is 3.00. The number of ether oxygens (including phenoxy) is 7. The highest BCUT2D eigenvalue weighted by Gasteiger charge is 2.41. The largest absolute Gasteiger partial charge is 0.396 e. The molecule has 1 aromatic rings. The maximum atomic E-state index is 8.65. The second-order valence-corrected chi connectivity index (χ2v) is 12.3. The fraction of sp³-hybridized carbons (Fsp3) is 0.667. The maximum Gasteiger partial charge on any atom is 0.203 e. The lowest BCUT2D eigenvalue weighted by molar-refractivity contribution is -0.0214. The van der Waals surface area contributed by atoms with Gasteiger partial charge in [-0.3, -0.25) is 0 Å². The molecule has 0 radical (unpaired) electrons. The van der Waals surface area contributed by atoms with Gasteiger partial charge in [0.05, 0.1) is 92.6 Å². The molecule has 0 aliphatic heterocycles. The van der Waals surface area contributed by atoms with Gasteiger partial charge in [0.25, 0.3) is 0 Å². The van der Waals surface area contributed by atoms with E-state index in [-0.39, 0.29) is 6.61 Å². The molecule has 0 bridgehead atoms. The number of hydrogen-bond acceptors (Lipinski definition) is 9. The van der Waals surface area contributed by atoms with Gasteiger partial charge >= 0.3 is 0 Å². The summed E-state index contributed by atoms with van der Waals surface area (Å²) in [5.74, 6) is 0. The van der Waals surface area contributed by atoms with Crippen LogP contribution in [0.3, 0.4) is 0 Å². The van der Waals surface area contributed by atoms with Crippen molar-refractivity contribution in [1.82, 2.24) is 0 Å². The zero-order valence-corrected chi connectivity index (χ0v) is 25.1. The van der Waals surface area contributed by atoms with E-state index in [1.54, 1.807) is 0 Å². The molecule has 1 aromatic carbocycles. The molecule has 1 N–H and O–H groups in total. The Morgan fingerprint density at radius 2 is 1.07 bits per heavy atom. The first-order chi connectivity index (χ1) is 19.8. The predicted octanol–water partition coefficient (Wildman–Crippen LogP) is 3.62. The third-order valence-electron chi connectivity index (χ3n) is 6.04. The third kappa shape index (κ3) is 16.3. The maximum absolute atomic E-state index is 8.65. The highest BCUT2D eigenvalue weighted by molar-refractivity contribution is 7.81. The Morgan fingerprint density at radius 3 is 1.50 bits per heavy atom. The monoisotopic (exact) mass is 585 g/mol. The zero-order chi connectivity index (χ0) is 28.4. The van der Waals surface area contributed by atoms with Crippen LogP contribution in [0, 0.1) is 0 Å². The SMILES string of the molecule is C[P+](OCCOCCOCCOCCOCCOCCOCCOCCCO)(C1=CC=CCC1)c1ccccc1. The molecule has 2 rings (SSSR count). The number of rotatable bonds is 27. The van der Waals surface area contributed by atoms with Crippen LogP contribution in [0.1, 0.15) is 19.3 Å². The Hall–Kier alpha value is -1.23. The third-order valence-corrected chi connectivity index (χ3v) is 9.50. The summed E-state index contributed by atoms with van der Waals surface area (Å²) in [5, 5.41) is 11.3. The summed E-state index contributed by atoms with van der Waals surface area (Å²) in [4.78, 5) is 0. The molecular formula is C30H50O9P+. The summed E-state index contributed by atoms with van der Waals surface area (Å²) in [6.45, 7) is 10.4. The molecule has 40 heavy (non-hydrogen) atoms. The predicted molar refractivity (Wildman–Crippen MR) is 159 cm³/mol. The van der Waals surface area contributed by atoms with E-state index in [4.69, 9.17) is 42.8 Å². The summed E-state index contributed by atoms with van der Waals surface area (Å²) >= 11 is 0. The second kappa shape index (κ2) is 24.4. The van der Waals surface area contributed by atoms with Crippen LogP contribution in [0.25, 0.3) is 0 Å². The lowest BCUT2D eigenvalue weighted by atomic mass is 10.2. The second-order valence-electron chi connectivity index (χ2n) is 9.08. The van der Waals surface area contributed by atoms with Crippen LogP contribution in [0.4, 0.5) is 0 Å². The van der Waals surface area contributed by atoms with Gasteiger partial charge < -0.3 is 38.3 Å². The lowest BCUT2D eigenvalue weighted by Crippen LogP contribution is -2.18. The van der Waals surface area contributed by atoms with Gasteiger partial charge in [0.15, 0.2) is 0 Å².